The summed E-state index contributed by atoms with van der Waals surface area (Å²) in [5.41, 5.74) is 4.83. The zero-order valence-electron chi connectivity index (χ0n) is 17.6. The number of nitrogens with zero attached hydrogens (tertiary/aromatic N) is 2. The smallest absolute Gasteiger partial charge is 0.259 e. The summed E-state index contributed by atoms with van der Waals surface area (Å²) in [6.45, 7) is 1.78. The summed E-state index contributed by atoms with van der Waals surface area (Å²) < 4.78 is 4.46. The highest BCUT2D eigenvalue weighted by Crippen LogP contribution is 2.39. The molecule has 2 aromatic carbocycles. The zero-order chi connectivity index (χ0) is 21.7. The third-order valence-electron chi connectivity index (χ3n) is 6.42. The fourth-order valence-corrected chi connectivity index (χ4v) is 5.88. The topological polar surface area (TPSA) is 56.0 Å². The molecule has 0 saturated heterocycles. The Labute approximate surface area is 190 Å². The average molecular weight is 442 g/mol. The molecule has 0 radical (unpaired) electrons. The lowest BCUT2D eigenvalue weighted by Gasteiger charge is -2.07. The molecule has 2 aliphatic heterocycles. The standard InChI is InChI=1S/C26H23N3O2S/c30-25-23-19-15-28(21-9-3-1-7-17(19)21)11-5-13-32-14-6-12-29-16-20(24(23)26(31)27-25)18-8-2-4-10-22(18)29/h1-4,7-10,15-16H,5-6,11-14H2,(H,27,30,31). The highest BCUT2D eigenvalue weighted by atomic mass is 32.2. The molecule has 2 aromatic heterocycles. The van der Waals surface area contributed by atoms with Crippen LogP contribution in [-0.2, 0) is 22.7 Å². The van der Waals surface area contributed by atoms with Crippen LogP contribution < -0.4 is 5.32 Å². The van der Waals surface area contributed by atoms with Crippen LogP contribution in [0.4, 0.5) is 0 Å². The number of carbonyl (C=O) groups is 2. The van der Waals surface area contributed by atoms with Crippen LogP contribution in [-0.4, -0.2) is 32.5 Å². The molecule has 2 aliphatic rings. The van der Waals surface area contributed by atoms with Gasteiger partial charge in [0.2, 0.25) is 0 Å². The van der Waals surface area contributed by atoms with Crippen molar-refractivity contribution in [2.45, 2.75) is 25.9 Å². The number of carbonyl (C=O) groups excluding carboxylic acids is 2. The number of aryl methyl sites for hydroxylation is 2. The van der Waals surface area contributed by atoms with Crippen molar-refractivity contribution >= 4 is 56.5 Å². The van der Waals surface area contributed by atoms with E-state index in [4.69, 9.17) is 0 Å². The Morgan fingerprint density at radius 1 is 0.688 bits per heavy atom. The summed E-state index contributed by atoms with van der Waals surface area (Å²) in [4.78, 5) is 26.2. The fraction of sp³-hybridized carbons (Fsp3) is 0.231. The molecule has 0 fully saturated rings. The Kier molecular flexibility index (Phi) is 4.68. The number of fused-ring (bicyclic) bond motifs is 12. The summed E-state index contributed by atoms with van der Waals surface area (Å²) in [6.07, 6.45) is 6.25. The number of hydrogen-bond acceptors (Lipinski definition) is 3. The lowest BCUT2D eigenvalue weighted by atomic mass is 9.95. The second-order valence-electron chi connectivity index (χ2n) is 8.36. The summed E-state index contributed by atoms with van der Waals surface area (Å²) in [6, 6.07) is 16.3. The molecule has 1 N–H and O–H groups in total. The maximum absolute atomic E-state index is 13.1. The van der Waals surface area contributed by atoms with Gasteiger partial charge in [0.25, 0.3) is 11.8 Å². The molecule has 6 rings (SSSR count). The van der Waals surface area contributed by atoms with Gasteiger partial charge in [0.1, 0.15) is 0 Å². The van der Waals surface area contributed by atoms with E-state index in [1.165, 1.54) is 0 Å². The van der Waals surface area contributed by atoms with Gasteiger partial charge in [-0.15, -0.1) is 0 Å². The molecule has 0 spiro atoms. The van der Waals surface area contributed by atoms with E-state index in [1.807, 2.05) is 48.2 Å². The van der Waals surface area contributed by atoms with Gasteiger partial charge in [0, 0.05) is 58.4 Å². The molecule has 4 heterocycles. The Hall–Kier alpha value is -3.25. The van der Waals surface area contributed by atoms with Gasteiger partial charge in [-0.05, 0) is 36.5 Å². The van der Waals surface area contributed by atoms with Crippen LogP contribution in [0.25, 0.3) is 33.0 Å². The highest BCUT2D eigenvalue weighted by molar-refractivity contribution is 7.99. The lowest BCUT2D eigenvalue weighted by molar-refractivity contribution is -0.122. The zero-order valence-corrected chi connectivity index (χ0v) is 18.5. The van der Waals surface area contributed by atoms with E-state index >= 15 is 0 Å². The number of aromatic nitrogens is 2. The molecular weight excluding hydrogens is 418 g/mol. The second-order valence-corrected chi connectivity index (χ2v) is 9.58. The van der Waals surface area contributed by atoms with Crippen LogP contribution >= 0.6 is 11.8 Å². The highest BCUT2D eigenvalue weighted by Gasteiger charge is 2.35. The minimum atomic E-state index is -0.315. The summed E-state index contributed by atoms with van der Waals surface area (Å²) in [7, 11) is 0. The molecule has 2 amide bonds. The van der Waals surface area contributed by atoms with E-state index in [0.29, 0.717) is 11.1 Å². The monoisotopic (exact) mass is 441 g/mol. The van der Waals surface area contributed by atoms with Crippen molar-refractivity contribution in [3.05, 3.63) is 72.1 Å². The first-order valence-corrected chi connectivity index (χ1v) is 12.2. The molecule has 0 atom stereocenters. The molecule has 6 heteroatoms. The van der Waals surface area contributed by atoms with Crippen molar-refractivity contribution in [2.24, 2.45) is 0 Å². The molecule has 32 heavy (non-hydrogen) atoms. The van der Waals surface area contributed by atoms with Gasteiger partial charge < -0.3 is 9.13 Å². The molecule has 0 saturated carbocycles. The van der Waals surface area contributed by atoms with Gasteiger partial charge in [0.15, 0.2) is 0 Å². The number of nitrogens with one attached hydrogen (secondary N) is 1. The molecule has 160 valence electrons. The van der Waals surface area contributed by atoms with Crippen molar-refractivity contribution in [3.63, 3.8) is 0 Å². The number of imide groups is 1. The van der Waals surface area contributed by atoms with E-state index in [0.717, 1.165) is 70.4 Å². The number of para-hydroxylation sites is 2. The van der Waals surface area contributed by atoms with E-state index in [2.05, 4.69) is 39.0 Å². The van der Waals surface area contributed by atoms with Crippen molar-refractivity contribution in [1.82, 2.24) is 14.5 Å². The predicted molar refractivity (Wildman–Crippen MR) is 130 cm³/mol. The number of thioether (sulfide) groups is 1. The van der Waals surface area contributed by atoms with E-state index in [9.17, 15) is 9.59 Å². The third kappa shape index (κ3) is 3.01. The van der Waals surface area contributed by atoms with Crippen LogP contribution in [0.1, 0.15) is 24.0 Å². The van der Waals surface area contributed by atoms with Crippen LogP contribution in [0.2, 0.25) is 0 Å². The lowest BCUT2D eigenvalue weighted by Crippen LogP contribution is -2.22. The number of benzene rings is 2. The quantitative estimate of drug-likeness (QED) is 0.403. The van der Waals surface area contributed by atoms with Crippen molar-refractivity contribution in [2.75, 3.05) is 11.5 Å². The summed E-state index contributed by atoms with van der Waals surface area (Å²) in [5.74, 6) is 1.58. The van der Waals surface area contributed by atoms with E-state index < -0.39 is 0 Å². The summed E-state index contributed by atoms with van der Waals surface area (Å²) in [5, 5.41) is 4.59. The molecule has 5 nitrogen and oxygen atoms in total. The summed E-state index contributed by atoms with van der Waals surface area (Å²) >= 11 is 1.99. The first kappa shape index (κ1) is 19.4. The van der Waals surface area contributed by atoms with E-state index in [-0.39, 0.29) is 11.8 Å². The Morgan fingerprint density at radius 3 is 1.66 bits per heavy atom. The first-order valence-electron chi connectivity index (χ1n) is 11.1. The Morgan fingerprint density at radius 2 is 1.16 bits per heavy atom. The van der Waals surface area contributed by atoms with Gasteiger partial charge in [-0.1, -0.05) is 36.4 Å². The number of rotatable bonds is 0. The van der Waals surface area contributed by atoms with Gasteiger partial charge >= 0.3 is 0 Å². The van der Waals surface area contributed by atoms with Crippen LogP contribution in [0, 0.1) is 0 Å². The van der Waals surface area contributed by atoms with Gasteiger partial charge in [-0.25, -0.2) is 0 Å². The Balaban J connectivity index is 1.68. The normalized spacial score (nSPS) is 17.4. The van der Waals surface area contributed by atoms with Crippen LogP contribution in [0.3, 0.4) is 0 Å². The maximum atomic E-state index is 13.1. The minimum Gasteiger partial charge on any atom is -0.347 e. The third-order valence-corrected chi connectivity index (χ3v) is 7.58. The minimum absolute atomic E-state index is 0.315. The van der Waals surface area contributed by atoms with E-state index in [1.54, 1.807) is 0 Å². The number of hydrogen-bond donors (Lipinski definition) is 1. The van der Waals surface area contributed by atoms with Crippen LogP contribution in [0.5, 0.6) is 0 Å². The number of amides is 2. The largest absolute Gasteiger partial charge is 0.347 e. The maximum Gasteiger partial charge on any atom is 0.259 e. The Bertz CT molecular complexity index is 1320. The first-order chi connectivity index (χ1) is 15.7. The van der Waals surface area contributed by atoms with Crippen molar-refractivity contribution in [3.8, 4) is 0 Å². The molecular formula is C26H23N3O2S. The molecule has 4 bridgehead atoms. The molecule has 0 unspecified atom stereocenters. The van der Waals surface area contributed by atoms with Gasteiger partial charge in [-0.2, -0.15) is 11.8 Å². The SMILES string of the molecule is O=C1NC(=O)C2=C1c1cn(c3ccccc13)CCCSCCCn1cc2c2ccccc21. The fourth-order valence-electron chi connectivity index (χ4n) is 5.01. The van der Waals surface area contributed by atoms with Crippen molar-refractivity contribution < 1.29 is 9.59 Å². The molecule has 4 aromatic rings. The van der Waals surface area contributed by atoms with Crippen molar-refractivity contribution in [1.29, 1.82) is 0 Å². The predicted octanol–water partition coefficient (Wildman–Crippen LogP) is 4.69. The van der Waals surface area contributed by atoms with Gasteiger partial charge in [-0.3, -0.25) is 14.9 Å². The average Bonchev–Trinajstić information content (AvgIpc) is 3.43. The van der Waals surface area contributed by atoms with Gasteiger partial charge in [0.05, 0.1) is 11.1 Å². The molecule has 0 aliphatic carbocycles. The second kappa shape index (κ2) is 7.71. The van der Waals surface area contributed by atoms with Crippen LogP contribution in [0.15, 0.2) is 60.9 Å².